The van der Waals surface area contributed by atoms with Crippen molar-refractivity contribution in [2.24, 2.45) is 23.5 Å². The summed E-state index contributed by atoms with van der Waals surface area (Å²) in [6.45, 7) is 6.83. The van der Waals surface area contributed by atoms with Crippen LogP contribution in [-0.2, 0) is 0 Å². The molecule has 2 atom stereocenters. The molecule has 2 rings (SSSR count). The van der Waals surface area contributed by atoms with E-state index in [9.17, 15) is 0 Å². The molecule has 0 bridgehead atoms. The summed E-state index contributed by atoms with van der Waals surface area (Å²) in [5, 5.41) is 0. The van der Waals surface area contributed by atoms with Crippen molar-refractivity contribution in [2.75, 3.05) is 20.1 Å². The van der Waals surface area contributed by atoms with E-state index in [1.807, 2.05) is 0 Å². The minimum absolute atomic E-state index is 0.327. The Hall–Kier alpha value is -0.0800. The lowest BCUT2D eigenvalue weighted by molar-refractivity contribution is 0.0593. The SMILES string of the molecule is CCC1CCC(CN)(N(C)CC2CC2C)CC1. The van der Waals surface area contributed by atoms with E-state index < -0.39 is 0 Å². The number of nitrogens with zero attached hydrogens (tertiary/aromatic N) is 1. The van der Waals surface area contributed by atoms with E-state index in [2.05, 4.69) is 25.8 Å². The normalized spacial score (nSPS) is 41.8. The Morgan fingerprint density at radius 1 is 1.29 bits per heavy atom. The summed E-state index contributed by atoms with van der Waals surface area (Å²) in [5.41, 5.74) is 6.44. The van der Waals surface area contributed by atoms with Crippen molar-refractivity contribution in [3.63, 3.8) is 0 Å². The highest BCUT2D eigenvalue weighted by Gasteiger charge is 2.41. The summed E-state index contributed by atoms with van der Waals surface area (Å²) in [6.07, 6.45) is 8.20. The van der Waals surface area contributed by atoms with Crippen LogP contribution < -0.4 is 5.73 Å². The van der Waals surface area contributed by atoms with Gasteiger partial charge in [0.25, 0.3) is 0 Å². The summed E-state index contributed by atoms with van der Waals surface area (Å²) in [6, 6.07) is 0. The molecule has 0 aromatic heterocycles. The zero-order valence-electron chi connectivity index (χ0n) is 11.9. The van der Waals surface area contributed by atoms with Crippen molar-refractivity contribution in [1.29, 1.82) is 0 Å². The fraction of sp³-hybridized carbons (Fsp3) is 1.00. The molecule has 2 heteroatoms. The largest absolute Gasteiger partial charge is 0.329 e. The molecule has 0 spiro atoms. The van der Waals surface area contributed by atoms with Gasteiger partial charge < -0.3 is 5.73 Å². The molecule has 2 N–H and O–H groups in total. The average Bonchev–Trinajstić information content (AvgIpc) is 3.04. The van der Waals surface area contributed by atoms with Gasteiger partial charge in [0.05, 0.1) is 0 Å². The Morgan fingerprint density at radius 3 is 2.29 bits per heavy atom. The quantitative estimate of drug-likeness (QED) is 0.798. The third-order valence-electron chi connectivity index (χ3n) is 5.59. The van der Waals surface area contributed by atoms with Crippen LogP contribution in [0.5, 0.6) is 0 Å². The molecule has 100 valence electrons. The molecule has 2 saturated carbocycles. The van der Waals surface area contributed by atoms with Gasteiger partial charge in [-0.25, -0.2) is 0 Å². The van der Waals surface area contributed by atoms with E-state index in [1.54, 1.807) is 0 Å². The molecule has 2 nitrogen and oxygen atoms in total. The minimum Gasteiger partial charge on any atom is -0.329 e. The van der Waals surface area contributed by atoms with Gasteiger partial charge in [-0.15, -0.1) is 0 Å². The third-order valence-corrected chi connectivity index (χ3v) is 5.59. The number of hydrogen-bond acceptors (Lipinski definition) is 2. The summed E-state index contributed by atoms with van der Waals surface area (Å²) in [4.78, 5) is 2.60. The summed E-state index contributed by atoms with van der Waals surface area (Å²) in [5.74, 6) is 2.87. The Kier molecular flexibility index (Phi) is 4.14. The third kappa shape index (κ3) is 2.85. The second-order valence-electron chi connectivity index (χ2n) is 6.63. The molecule has 2 aliphatic carbocycles. The second-order valence-corrected chi connectivity index (χ2v) is 6.63. The zero-order chi connectivity index (χ0) is 12.5. The highest BCUT2D eigenvalue weighted by molar-refractivity contribution is 4.97. The lowest BCUT2D eigenvalue weighted by Crippen LogP contribution is -2.54. The van der Waals surface area contributed by atoms with Crippen LogP contribution in [0.4, 0.5) is 0 Å². The zero-order valence-corrected chi connectivity index (χ0v) is 11.9. The van der Waals surface area contributed by atoms with E-state index in [0.29, 0.717) is 5.54 Å². The Balaban J connectivity index is 1.90. The van der Waals surface area contributed by atoms with Gasteiger partial charge in [-0.05, 0) is 56.9 Å². The van der Waals surface area contributed by atoms with Gasteiger partial charge in [-0.1, -0.05) is 20.3 Å². The summed E-state index contributed by atoms with van der Waals surface area (Å²) >= 11 is 0. The molecule has 2 unspecified atom stereocenters. The standard InChI is InChI=1S/C15H30N2/c1-4-13-5-7-15(11-16,8-6-13)17(3)10-14-9-12(14)2/h12-14H,4-11,16H2,1-3H3. The maximum atomic E-state index is 6.12. The number of nitrogens with two attached hydrogens (primary N) is 1. The minimum atomic E-state index is 0.327. The molecule has 0 aromatic rings. The van der Waals surface area contributed by atoms with Crippen molar-refractivity contribution in [3.05, 3.63) is 0 Å². The first-order chi connectivity index (χ1) is 8.11. The van der Waals surface area contributed by atoms with E-state index in [4.69, 9.17) is 5.73 Å². The fourth-order valence-corrected chi connectivity index (χ4v) is 3.56. The molecular formula is C15H30N2. The predicted molar refractivity (Wildman–Crippen MR) is 73.9 cm³/mol. The molecule has 2 fully saturated rings. The average molecular weight is 238 g/mol. The summed E-state index contributed by atoms with van der Waals surface area (Å²) < 4.78 is 0. The maximum absolute atomic E-state index is 6.12. The van der Waals surface area contributed by atoms with Crippen LogP contribution in [0.3, 0.4) is 0 Å². The highest BCUT2D eigenvalue weighted by atomic mass is 15.2. The first-order valence-electron chi connectivity index (χ1n) is 7.52. The Labute approximate surface area is 107 Å². The van der Waals surface area contributed by atoms with Crippen LogP contribution in [0.25, 0.3) is 0 Å². The first-order valence-corrected chi connectivity index (χ1v) is 7.52. The van der Waals surface area contributed by atoms with Gasteiger partial charge in [-0.3, -0.25) is 4.90 Å². The van der Waals surface area contributed by atoms with E-state index in [0.717, 1.165) is 24.3 Å². The van der Waals surface area contributed by atoms with Gasteiger partial charge in [0.2, 0.25) is 0 Å². The van der Waals surface area contributed by atoms with Gasteiger partial charge in [0.15, 0.2) is 0 Å². The lowest BCUT2D eigenvalue weighted by Gasteiger charge is -2.46. The molecule has 2 aliphatic rings. The molecular weight excluding hydrogens is 208 g/mol. The first kappa shape index (κ1) is 13.4. The van der Waals surface area contributed by atoms with Gasteiger partial charge in [-0.2, -0.15) is 0 Å². The van der Waals surface area contributed by atoms with Crippen molar-refractivity contribution in [2.45, 2.75) is 57.9 Å². The summed E-state index contributed by atoms with van der Waals surface area (Å²) in [7, 11) is 2.31. The molecule has 0 radical (unpaired) electrons. The van der Waals surface area contributed by atoms with Crippen LogP contribution >= 0.6 is 0 Å². The number of rotatable bonds is 5. The van der Waals surface area contributed by atoms with Crippen LogP contribution in [0.15, 0.2) is 0 Å². The van der Waals surface area contributed by atoms with Gasteiger partial charge in [0.1, 0.15) is 0 Å². The molecule has 17 heavy (non-hydrogen) atoms. The molecule has 0 aromatic carbocycles. The number of likely N-dealkylation sites (N-methyl/N-ethyl adjacent to an activating group) is 1. The van der Waals surface area contributed by atoms with Crippen molar-refractivity contribution >= 4 is 0 Å². The molecule has 0 heterocycles. The van der Waals surface area contributed by atoms with Crippen LogP contribution in [0.2, 0.25) is 0 Å². The van der Waals surface area contributed by atoms with E-state index in [-0.39, 0.29) is 0 Å². The van der Waals surface area contributed by atoms with Gasteiger partial charge >= 0.3 is 0 Å². The fourth-order valence-electron chi connectivity index (χ4n) is 3.56. The Bertz CT molecular complexity index is 243. The van der Waals surface area contributed by atoms with E-state index in [1.165, 1.54) is 45.1 Å². The van der Waals surface area contributed by atoms with E-state index >= 15 is 0 Å². The Morgan fingerprint density at radius 2 is 1.88 bits per heavy atom. The monoisotopic (exact) mass is 238 g/mol. The molecule has 0 amide bonds. The second kappa shape index (κ2) is 5.27. The molecule has 0 aliphatic heterocycles. The lowest BCUT2D eigenvalue weighted by atomic mass is 9.74. The number of hydrogen-bond donors (Lipinski definition) is 1. The van der Waals surface area contributed by atoms with Crippen LogP contribution in [0.1, 0.15) is 52.4 Å². The van der Waals surface area contributed by atoms with Crippen molar-refractivity contribution in [1.82, 2.24) is 4.90 Å². The predicted octanol–water partition coefficient (Wildman–Crippen LogP) is 2.87. The van der Waals surface area contributed by atoms with Gasteiger partial charge in [0, 0.05) is 18.6 Å². The van der Waals surface area contributed by atoms with Crippen LogP contribution in [0, 0.1) is 17.8 Å². The van der Waals surface area contributed by atoms with Crippen molar-refractivity contribution < 1.29 is 0 Å². The smallest absolute Gasteiger partial charge is 0.0329 e. The maximum Gasteiger partial charge on any atom is 0.0329 e. The van der Waals surface area contributed by atoms with Crippen LogP contribution in [-0.4, -0.2) is 30.6 Å². The highest BCUT2D eigenvalue weighted by Crippen LogP contribution is 2.42. The van der Waals surface area contributed by atoms with Crippen molar-refractivity contribution in [3.8, 4) is 0 Å². The molecule has 0 saturated heterocycles. The topological polar surface area (TPSA) is 29.3 Å².